The number of H-pyrrole nitrogens is 1. The molecule has 0 bridgehead atoms. The normalized spacial score (nSPS) is 11.1. The van der Waals surface area contributed by atoms with E-state index in [1.165, 1.54) is 12.1 Å². The van der Waals surface area contributed by atoms with Crippen molar-refractivity contribution in [3.05, 3.63) is 28.5 Å². The maximum Gasteiger partial charge on any atom is 0.417 e. The highest BCUT2D eigenvalue weighted by Gasteiger charge is 2.08. The monoisotopic (exact) mass is 268 g/mol. The van der Waals surface area contributed by atoms with E-state index in [2.05, 4.69) is 10.3 Å². The van der Waals surface area contributed by atoms with E-state index in [1.54, 1.807) is 0 Å². The molecule has 1 aromatic heterocycles. The zero-order valence-electron chi connectivity index (χ0n) is 10.8. The van der Waals surface area contributed by atoms with Crippen LogP contribution in [0.25, 0.3) is 11.1 Å². The van der Waals surface area contributed by atoms with E-state index in [0.717, 1.165) is 12.8 Å². The largest absolute Gasteiger partial charge is 0.417 e. The minimum atomic E-state index is -0.580. The van der Waals surface area contributed by atoms with E-state index < -0.39 is 11.6 Å². The van der Waals surface area contributed by atoms with Gasteiger partial charge in [0.05, 0.1) is 11.2 Å². The van der Waals surface area contributed by atoms with Gasteiger partial charge in [0.15, 0.2) is 5.58 Å². The third kappa shape index (κ3) is 3.57. The standard InChI is InChI=1S/C13H17FN2O3/c1-2-18-6-4-3-5-15-10-8-12-11(7-9(10)14)16-13(17)19-12/h7-8,15H,2-6H2,1H3,(H,16,17). The maximum absolute atomic E-state index is 13.7. The van der Waals surface area contributed by atoms with Crippen LogP contribution in [0.2, 0.25) is 0 Å². The molecule has 104 valence electrons. The van der Waals surface area contributed by atoms with Crippen molar-refractivity contribution in [1.82, 2.24) is 4.98 Å². The Labute approximate surface area is 109 Å². The molecule has 0 amide bonds. The first-order chi connectivity index (χ1) is 9.20. The second kappa shape index (κ2) is 6.38. The summed E-state index contributed by atoms with van der Waals surface area (Å²) in [5, 5.41) is 2.98. The summed E-state index contributed by atoms with van der Waals surface area (Å²) in [7, 11) is 0. The number of rotatable bonds is 7. The highest BCUT2D eigenvalue weighted by atomic mass is 19.1. The van der Waals surface area contributed by atoms with Gasteiger partial charge in [0.1, 0.15) is 5.82 Å². The summed E-state index contributed by atoms with van der Waals surface area (Å²) in [6.07, 6.45) is 1.80. The van der Waals surface area contributed by atoms with Gasteiger partial charge in [-0.15, -0.1) is 0 Å². The lowest BCUT2D eigenvalue weighted by Crippen LogP contribution is -2.05. The Balaban J connectivity index is 1.92. The molecule has 1 heterocycles. The summed E-state index contributed by atoms with van der Waals surface area (Å²) < 4.78 is 23.8. The van der Waals surface area contributed by atoms with Crippen LogP contribution >= 0.6 is 0 Å². The lowest BCUT2D eigenvalue weighted by atomic mass is 10.2. The van der Waals surface area contributed by atoms with Crippen LogP contribution in [-0.4, -0.2) is 24.7 Å². The minimum absolute atomic E-state index is 0.339. The highest BCUT2D eigenvalue weighted by Crippen LogP contribution is 2.20. The SMILES string of the molecule is CCOCCCCNc1cc2oc(=O)[nH]c2cc1F. The molecule has 19 heavy (non-hydrogen) atoms. The molecular formula is C13H17FN2O3. The van der Waals surface area contributed by atoms with Gasteiger partial charge in [-0.25, -0.2) is 9.18 Å². The van der Waals surface area contributed by atoms with Crippen molar-refractivity contribution < 1.29 is 13.5 Å². The fraction of sp³-hybridized carbons (Fsp3) is 0.462. The van der Waals surface area contributed by atoms with Crippen molar-refractivity contribution in [3.63, 3.8) is 0 Å². The number of anilines is 1. The van der Waals surface area contributed by atoms with Gasteiger partial charge in [0, 0.05) is 31.9 Å². The molecule has 0 aliphatic rings. The van der Waals surface area contributed by atoms with Crippen molar-refractivity contribution in [2.75, 3.05) is 25.1 Å². The summed E-state index contributed by atoms with van der Waals surface area (Å²) in [4.78, 5) is 13.4. The Morgan fingerprint density at radius 1 is 1.42 bits per heavy atom. The molecule has 0 saturated carbocycles. The second-order valence-corrected chi connectivity index (χ2v) is 4.17. The van der Waals surface area contributed by atoms with Gasteiger partial charge in [0.25, 0.3) is 0 Å². The molecule has 5 nitrogen and oxygen atoms in total. The third-order valence-corrected chi connectivity index (χ3v) is 2.74. The van der Waals surface area contributed by atoms with Crippen molar-refractivity contribution in [3.8, 4) is 0 Å². The molecule has 0 fully saturated rings. The molecule has 6 heteroatoms. The summed E-state index contributed by atoms with van der Waals surface area (Å²) >= 11 is 0. The van der Waals surface area contributed by atoms with Crippen LogP contribution in [-0.2, 0) is 4.74 Å². The quantitative estimate of drug-likeness (QED) is 0.757. The van der Waals surface area contributed by atoms with E-state index in [0.29, 0.717) is 36.5 Å². The minimum Gasteiger partial charge on any atom is -0.408 e. The first-order valence-electron chi connectivity index (χ1n) is 6.34. The summed E-state index contributed by atoms with van der Waals surface area (Å²) in [6, 6.07) is 2.74. The van der Waals surface area contributed by atoms with Crippen LogP contribution in [0.15, 0.2) is 21.3 Å². The summed E-state index contributed by atoms with van der Waals surface area (Å²) in [5.41, 5.74) is 1.05. The molecule has 0 unspecified atom stereocenters. The van der Waals surface area contributed by atoms with Crippen molar-refractivity contribution in [1.29, 1.82) is 0 Å². The number of benzene rings is 1. The van der Waals surface area contributed by atoms with Crippen LogP contribution in [0.3, 0.4) is 0 Å². The Bertz CT molecular complexity index is 591. The average molecular weight is 268 g/mol. The Morgan fingerprint density at radius 3 is 3.05 bits per heavy atom. The molecule has 0 saturated heterocycles. The lowest BCUT2D eigenvalue weighted by molar-refractivity contribution is 0.144. The van der Waals surface area contributed by atoms with Crippen molar-refractivity contribution in [2.24, 2.45) is 0 Å². The number of hydrogen-bond donors (Lipinski definition) is 2. The van der Waals surface area contributed by atoms with Gasteiger partial charge >= 0.3 is 5.76 Å². The van der Waals surface area contributed by atoms with E-state index in [-0.39, 0.29) is 0 Å². The van der Waals surface area contributed by atoms with Gasteiger partial charge in [-0.3, -0.25) is 4.98 Å². The number of fused-ring (bicyclic) bond motifs is 1. The van der Waals surface area contributed by atoms with Crippen LogP contribution in [0.5, 0.6) is 0 Å². The van der Waals surface area contributed by atoms with Crippen LogP contribution in [0.1, 0.15) is 19.8 Å². The molecule has 0 aliphatic carbocycles. The maximum atomic E-state index is 13.7. The van der Waals surface area contributed by atoms with E-state index in [1.807, 2.05) is 6.92 Å². The van der Waals surface area contributed by atoms with E-state index in [9.17, 15) is 9.18 Å². The topological polar surface area (TPSA) is 67.3 Å². The number of unbranched alkanes of at least 4 members (excludes halogenated alkanes) is 1. The molecule has 0 spiro atoms. The number of aromatic nitrogens is 1. The number of nitrogens with one attached hydrogen (secondary N) is 2. The fourth-order valence-corrected chi connectivity index (χ4v) is 1.80. The number of aromatic amines is 1. The third-order valence-electron chi connectivity index (χ3n) is 2.74. The molecule has 2 aromatic rings. The second-order valence-electron chi connectivity index (χ2n) is 4.17. The molecule has 2 N–H and O–H groups in total. The lowest BCUT2D eigenvalue weighted by Gasteiger charge is -2.07. The molecule has 2 rings (SSSR count). The summed E-state index contributed by atoms with van der Waals surface area (Å²) in [5.74, 6) is -0.988. The predicted octanol–water partition coefficient (Wildman–Crippen LogP) is 2.49. The van der Waals surface area contributed by atoms with Crippen LogP contribution in [0, 0.1) is 5.82 Å². The predicted molar refractivity (Wildman–Crippen MR) is 71.0 cm³/mol. The van der Waals surface area contributed by atoms with Gasteiger partial charge in [-0.2, -0.15) is 0 Å². The van der Waals surface area contributed by atoms with E-state index in [4.69, 9.17) is 9.15 Å². The zero-order valence-corrected chi connectivity index (χ0v) is 10.8. The zero-order chi connectivity index (χ0) is 13.7. The molecule has 0 radical (unpaired) electrons. The Morgan fingerprint density at radius 2 is 2.26 bits per heavy atom. The first kappa shape index (κ1) is 13.6. The van der Waals surface area contributed by atoms with Gasteiger partial charge in [-0.05, 0) is 19.8 Å². The fourth-order valence-electron chi connectivity index (χ4n) is 1.80. The number of halogens is 1. The number of oxazole rings is 1. The number of hydrogen-bond acceptors (Lipinski definition) is 4. The Kier molecular flexibility index (Phi) is 4.57. The molecule has 0 atom stereocenters. The average Bonchev–Trinajstić information content (AvgIpc) is 2.72. The smallest absolute Gasteiger partial charge is 0.408 e. The highest BCUT2D eigenvalue weighted by molar-refractivity contribution is 5.77. The molecule has 1 aromatic carbocycles. The Hall–Kier alpha value is -1.82. The molecular weight excluding hydrogens is 251 g/mol. The van der Waals surface area contributed by atoms with Gasteiger partial charge < -0.3 is 14.5 Å². The van der Waals surface area contributed by atoms with Gasteiger partial charge in [-0.1, -0.05) is 0 Å². The van der Waals surface area contributed by atoms with Crippen molar-refractivity contribution in [2.45, 2.75) is 19.8 Å². The first-order valence-corrected chi connectivity index (χ1v) is 6.34. The molecule has 0 aliphatic heterocycles. The van der Waals surface area contributed by atoms with Gasteiger partial charge in [0.2, 0.25) is 0 Å². The number of ether oxygens (including phenoxy) is 1. The van der Waals surface area contributed by atoms with E-state index >= 15 is 0 Å². The van der Waals surface area contributed by atoms with Crippen molar-refractivity contribution >= 4 is 16.8 Å². The van der Waals surface area contributed by atoms with Crippen LogP contribution < -0.4 is 11.1 Å². The summed E-state index contributed by atoms with van der Waals surface area (Å²) in [6.45, 7) is 4.02. The van der Waals surface area contributed by atoms with Crippen LogP contribution in [0.4, 0.5) is 10.1 Å².